The van der Waals surface area contributed by atoms with Gasteiger partial charge in [-0.1, -0.05) is 0 Å². The minimum absolute atomic E-state index is 0.102. The number of sulfonamides is 1. The van der Waals surface area contributed by atoms with Gasteiger partial charge in [0.05, 0.1) is 16.6 Å². The van der Waals surface area contributed by atoms with E-state index in [-0.39, 0.29) is 10.5 Å². The second-order valence-corrected chi connectivity index (χ2v) is 6.85. The number of ether oxygens (including phenoxy) is 1. The zero-order chi connectivity index (χ0) is 18.7. The van der Waals surface area contributed by atoms with Crippen LogP contribution in [-0.4, -0.2) is 25.6 Å². The molecule has 0 fully saturated rings. The first-order chi connectivity index (χ1) is 12.3. The normalized spacial score (nSPS) is 11.7. The molecule has 1 heterocycles. The zero-order valence-electron chi connectivity index (χ0n) is 13.4. The highest BCUT2D eigenvalue weighted by Crippen LogP contribution is 2.16. The van der Waals surface area contributed by atoms with Crippen molar-refractivity contribution in [1.82, 2.24) is 9.82 Å². The summed E-state index contributed by atoms with van der Waals surface area (Å²) in [6, 6.07) is 10.3. The Morgan fingerprint density at radius 3 is 2.65 bits per heavy atom. The molecule has 0 aliphatic heterocycles. The number of hydrazone groups is 1. The number of fused-ring (bicyclic) bond motifs is 1. The molecule has 2 aromatic carbocycles. The van der Waals surface area contributed by atoms with Gasteiger partial charge in [-0.05, 0) is 42.0 Å². The molecule has 0 saturated heterocycles. The highest BCUT2D eigenvalue weighted by atomic mass is 32.2. The number of rotatable bonds is 5. The van der Waals surface area contributed by atoms with Crippen LogP contribution in [0.1, 0.15) is 12.5 Å². The Balaban J connectivity index is 1.73. The molecule has 3 rings (SSSR count). The van der Waals surface area contributed by atoms with E-state index in [0.29, 0.717) is 16.8 Å². The van der Waals surface area contributed by atoms with Crippen LogP contribution in [0.5, 0.6) is 5.75 Å². The van der Waals surface area contributed by atoms with Crippen molar-refractivity contribution in [1.29, 1.82) is 0 Å². The number of hydrogen-bond donors (Lipinski definition) is 2. The molecule has 2 N–H and O–H groups in total. The highest BCUT2D eigenvalue weighted by Gasteiger charge is 2.14. The van der Waals surface area contributed by atoms with Gasteiger partial charge in [0.25, 0.3) is 10.0 Å². The molecule has 1 aromatic heterocycles. The number of nitrogens with one attached hydrogen (secondary N) is 2. The smallest absolute Gasteiger partial charge is 0.417 e. The molecule has 0 spiro atoms. The van der Waals surface area contributed by atoms with Crippen LogP contribution in [0, 0.1) is 0 Å². The van der Waals surface area contributed by atoms with Crippen molar-refractivity contribution in [3.05, 3.63) is 58.6 Å². The van der Waals surface area contributed by atoms with Gasteiger partial charge in [-0.3, -0.25) is 9.78 Å². The fraction of sp³-hybridized carbons (Fsp3) is 0.0625. The van der Waals surface area contributed by atoms with Crippen molar-refractivity contribution < 1.29 is 22.4 Å². The third-order valence-electron chi connectivity index (χ3n) is 3.23. The molecule has 134 valence electrons. The molecule has 0 atom stereocenters. The molecular weight excluding hydrogens is 362 g/mol. The zero-order valence-corrected chi connectivity index (χ0v) is 14.2. The van der Waals surface area contributed by atoms with Gasteiger partial charge in [-0.15, -0.1) is 0 Å². The number of carbonyl (C=O) groups excluding carboxylic acids is 1. The van der Waals surface area contributed by atoms with Gasteiger partial charge in [-0.2, -0.15) is 13.5 Å². The predicted octanol–water partition coefficient (Wildman–Crippen LogP) is 1.36. The van der Waals surface area contributed by atoms with Crippen LogP contribution >= 0.6 is 0 Å². The van der Waals surface area contributed by atoms with Gasteiger partial charge in [0.1, 0.15) is 5.75 Å². The predicted molar refractivity (Wildman–Crippen MR) is 92.5 cm³/mol. The van der Waals surface area contributed by atoms with Crippen LogP contribution in [0.4, 0.5) is 0 Å². The Morgan fingerprint density at radius 2 is 1.96 bits per heavy atom. The van der Waals surface area contributed by atoms with Crippen LogP contribution in [0.25, 0.3) is 11.1 Å². The van der Waals surface area contributed by atoms with Crippen LogP contribution in [0.2, 0.25) is 0 Å². The van der Waals surface area contributed by atoms with Crippen LogP contribution < -0.4 is 15.3 Å². The summed E-state index contributed by atoms with van der Waals surface area (Å²) < 4.78 is 34.2. The van der Waals surface area contributed by atoms with E-state index in [1.165, 1.54) is 31.3 Å². The van der Waals surface area contributed by atoms with Gasteiger partial charge in [0.15, 0.2) is 5.58 Å². The van der Waals surface area contributed by atoms with E-state index in [0.717, 1.165) is 0 Å². The van der Waals surface area contributed by atoms with Gasteiger partial charge in [0, 0.05) is 13.0 Å². The Kier molecular flexibility index (Phi) is 4.59. The number of carbonyl (C=O) groups is 1. The molecule has 9 nitrogen and oxygen atoms in total. The first-order valence-corrected chi connectivity index (χ1v) is 8.78. The number of aromatic amines is 1. The second kappa shape index (κ2) is 6.84. The first kappa shape index (κ1) is 17.4. The number of aromatic nitrogens is 1. The van der Waals surface area contributed by atoms with E-state index in [2.05, 4.69) is 14.9 Å². The van der Waals surface area contributed by atoms with Gasteiger partial charge >= 0.3 is 11.7 Å². The summed E-state index contributed by atoms with van der Waals surface area (Å²) in [7, 11) is -3.93. The van der Waals surface area contributed by atoms with Crippen molar-refractivity contribution >= 4 is 33.3 Å². The average Bonchev–Trinajstić information content (AvgIpc) is 2.95. The third kappa shape index (κ3) is 3.98. The number of nitrogens with zero attached hydrogens (tertiary/aromatic N) is 1. The van der Waals surface area contributed by atoms with Crippen LogP contribution in [-0.2, 0) is 14.8 Å². The Bertz CT molecular complexity index is 1140. The third-order valence-corrected chi connectivity index (χ3v) is 4.45. The van der Waals surface area contributed by atoms with Gasteiger partial charge in [0.2, 0.25) is 0 Å². The number of hydrogen-bond acceptors (Lipinski definition) is 7. The van der Waals surface area contributed by atoms with E-state index < -0.39 is 21.7 Å². The largest absolute Gasteiger partial charge is 0.427 e. The minimum atomic E-state index is -3.93. The van der Waals surface area contributed by atoms with E-state index in [4.69, 9.17) is 9.15 Å². The lowest BCUT2D eigenvalue weighted by Crippen LogP contribution is -2.18. The van der Waals surface area contributed by atoms with E-state index >= 15 is 0 Å². The maximum Gasteiger partial charge on any atom is 0.417 e. The van der Waals surface area contributed by atoms with Crippen LogP contribution in [0.15, 0.2) is 61.7 Å². The van der Waals surface area contributed by atoms with Crippen molar-refractivity contribution in [2.45, 2.75) is 11.8 Å². The lowest BCUT2D eigenvalue weighted by molar-refractivity contribution is -0.131. The van der Waals surface area contributed by atoms with Gasteiger partial charge < -0.3 is 9.15 Å². The van der Waals surface area contributed by atoms with Crippen molar-refractivity contribution in [3.63, 3.8) is 0 Å². The molecule has 0 amide bonds. The number of H-pyrrole nitrogens is 1. The van der Waals surface area contributed by atoms with E-state index in [9.17, 15) is 18.0 Å². The second-order valence-electron chi connectivity index (χ2n) is 5.19. The molecule has 3 aromatic rings. The summed E-state index contributed by atoms with van der Waals surface area (Å²) in [6.45, 7) is 1.29. The first-order valence-electron chi connectivity index (χ1n) is 7.30. The summed E-state index contributed by atoms with van der Waals surface area (Å²) in [5.74, 6) is -0.733. The molecule has 0 aliphatic carbocycles. The topological polar surface area (TPSA) is 131 Å². The average molecular weight is 375 g/mol. The Morgan fingerprint density at radius 1 is 1.23 bits per heavy atom. The Hall–Kier alpha value is -3.40. The summed E-state index contributed by atoms with van der Waals surface area (Å²) in [5.41, 5.74) is 1.11. The van der Waals surface area contributed by atoms with E-state index in [1.54, 1.807) is 24.3 Å². The lowest BCUT2D eigenvalue weighted by atomic mass is 10.2. The van der Waals surface area contributed by atoms with Crippen molar-refractivity contribution in [3.8, 4) is 5.75 Å². The van der Waals surface area contributed by atoms with Gasteiger partial charge in [-0.25, -0.2) is 9.63 Å². The fourth-order valence-electron chi connectivity index (χ4n) is 2.10. The number of esters is 1. The highest BCUT2D eigenvalue weighted by molar-refractivity contribution is 7.89. The number of oxazole rings is 1. The van der Waals surface area contributed by atoms with Crippen molar-refractivity contribution in [2.75, 3.05) is 0 Å². The number of benzene rings is 2. The molecule has 0 unspecified atom stereocenters. The minimum Gasteiger partial charge on any atom is -0.427 e. The molecule has 0 bridgehead atoms. The summed E-state index contributed by atoms with van der Waals surface area (Å²) in [6.07, 6.45) is 1.30. The lowest BCUT2D eigenvalue weighted by Gasteiger charge is -2.03. The monoisotopic (exact) mass is 375 g/mol. The van der Waals surface area contributed by atoms with Crippen molar-refractivity contribution in [2.24, 2.45) is 5.10 Å². The molecule has 26 heavy (non-hydrogen) atoms. The fourth-order valence-corrected chi connectivity index (χ4v) is 2.91. The quantitative estimate of drug-likeness (QED) is 0.300. The molecule has 0 aliphatic rings. The maximum atomic E-state index is 12.2. The van der Waals surface area contributed by atoms with E-state index in [1.807, 2.05) is 0 Å². The molecule has 0 radical (unpaired) electrons. The SMILES string of the molecule is CC(=O)Oc1ccc(/C=N/NS(=O)(=O)c2ccc3[nH]c(=O)oc3c2)cc1. The summed E-state index contributed by atoms with van der Waals surface area (Å²) >= 11 is 0. The summed E-state index contributed by atoms with van der Waals surface area (Å²) in [5, 5.41) is 3.69. The molecule has 10 heteroatoms. The Labute approximate surface area is 147 Å². The van der Waals surface area contributed by atoms with Crippen LogP contribution in [0.3, 0.4) is 0 Å². The standard InChI is InChI=1S/C16H13N3O6S/c1-10(20)24-12-4-2-11(3-5-12)9-17-19-26(22,23)13-6-7-14-15(8-13)25-16(21)18-14/h2-9,19H,1H3,(H,18,21)/b17-9+. The molecule has 0 saturated carbocycles. The summed E-state index contributed by atoms with van der Waals surface area (Å²) in [4.78, 5) is 26.4. The molecular formula is C16H13N3O6S. The maximum absolute atomic E-state index is 12.2.